The van der Waals surface area contributed by atoms with E-state index in [1.165, 1.54) is 4.90 Å². The number of hydrogen-bond donors (Lipinski definition) is 3. The summed E-state index contributed by atoms with van der Waals surface area (Å²) in [6.07, 6.45) is 0. The maximum Gasteiger partial charge on any atom is 0.318 e. The van der Waals surface area contributed by atoms with E-state index in [0.717, 1.165) is 5.56 Å². The average molecular weight is 275 g/mol. The van der Waals surface area contributed by atoms with Gasteiger partial charge < -0.3 is 10.6 Å². The van der Waals surface area contributed by atoms with Crippen LogP contribution in [0.3, 0.4) is 0 Å². The van der Waals surface area contributed by atoms with Crippen LogP contribution in [0.4, 0.5) is 10.5 Å². The van der Waals surface area contributed by atoms with Crippen molar-refractivity contribution in [2.45, 2.75) is 6.92 Å². The number of guanidine groups is 1. The first-order chi connectivity index (χ1) is 7.82. The number of nitrogens with one attached hydrogen (secondary N) is 2. The van der Waals surface area contributed by atoms with Gasteiger partial charge in [0.15, 0.2) is 0 Å². The predicted octanol–water partition coefficient (Wildman–Crippen LogP) is 2.34. The van der Waals surface area contributed by atoms with Crippen LogP contribution >= 0.6 is 23.2 Å². The molecule has 0 radical (unpaired) electrons. The van der Waals surface area contributed by atoms with Crippen molar-refractivity contribution in [3.8, 4) is 0 Å². The van der Waals surface area contributed by atoms with Gasteiger partial charge in [0.2, 0.25) is 5.96 Å². The largest absolute Gasteiger partial charge is 0.351 e. The number of rotatable bonds is 1. The van der Waals surface area contributed by atoms with E-state index >= 15 is 0 Å². The third-order valence-electron chi connectivity index (χ3n) is 2.07. The van der Waals surface area contributed by atoms with Crippen LogP contribution in [0.15, 0.2) is 12.1 Å². The van der Waals surface area contributed by atoms with Crippen LogP contribution in [0.25, 0.3) is 0 Å². The van der Waals surface area contributed by atoms with Crippen molar-refractivity contribution < 1.29 is 4.79 Å². The molecule has 17 heavy (non-hydrogen) atoms. The summed E-state index contributed by atoms with van der Waals surface area (Å²) in [7, 11) is 1.56. The molecule has 0 saturated carbocycles. The number of amides is 2. The van der Waals surface area contributed by atoms with Gasteiger partial charge in [-0.3, -0.25) is 10.7 Å². The molecule has 0 fully saturated rings. The monoisotopic (exact) mass is 274 g/mol. The third kappa shape index (κ3) is 3.25. The molecule has 0 heterocycles. The predicted molar refractivity (Wildman–Crippen MR) is 70.0 cm³/mol. The highest BCUT2D eigenvalue weighted by Crippen LogP contribution is 2.34. The maximum atomic E-state index is 10.6. The SMILES string of the molecule is Cc1cc(Cl)c(N(C)C(=N)NC(N)=O)c(Cl)c1. The Balaban J connectivity index is 3.08. The van der Waals surface area contributed by atoms with Gasteiger partial charge in [0.25, 0.3) is 0 Å². The zero-order valence-corrected chi connectivity index (χ0v) is 10.9. The summed E-state index contributed by atoms with van der Waals surface area (Å²) in [4.78, 5) is 12.0. The quantitative estimate of drug-likeness (QED) is 0.543. The molecule has 0 aromatic heterocycles. The maximum absolute atomic E-state index is 10.6. The van der Waals surface area contributed by atoms with Gasteiger partial charge in [0.05, 0.1) is 15.7 Å². The van der Waals surface area contributed by atoms with Crippen LogP contribution < -0.4 is 16.0 Å². The normalized spacial score (nSPS) is 9.88. The first-order valence-corrected chi connectivity index (χ1v) is 5.43. The Kier molecular flexibility index (Phi) is 4.20. The summed E-state index contributed by atoms with van der Waals surface area (Å²) in [6.45, 7) is 1.86. The standard InChI is InChI=1S/C10H12Cl2N4O/c1-5-3-6(11)8(7(12)4-5)16(2)9(13)15-10(14)17/h3-4H,1-2H3,(H4,13,14,15,17). The van der Waals surface area contributed by atoms with Gasteiger partial charge in [0, 0.05) is 7.05 Å². The van der Waals surface area contributed by atoms with E-state index in [0.29, 0.717) is 15.7 Å². The number of nitrogens with two attached hydrogens (primary N) is 1. The molecule has 0 atom stereocenters. The second-order valence-corrected chi connectivity index (χ2v) is 4.29. The minimum absolute atomic E-state index is 0.204. The van der Waals surface area contributed by atoms with Crippen LogP contribution in [-0.2, 0) is 0 Å². The van der Waals surface area contributed by atoms with Crippen LogP contribution in [0, 0.1) is 12.3 Å². The van der Waals surface area contributed by atoms with Crippen molar-refractivity contribution in [3.63, 3.8) is 0 Å². The Labute approximate surface area is 109 Å². The molecule has 0 bridgehead atoms. The smallest absolute Gasteiger partial charge is 0.318 e. The highest BCUT2D eigenvalue weighted by molar-refractivity contribution is 6.40. The molecule has 0 spiro atoms. The Morgan fingerprint density at radius 2 is 1.88 bits per heavy atom. The van der Waals surface area contributed by atoms with E-state index in [1.54, 1.807) is 19.2 Å². The topological polar surface area (TPSA) is 82.2 Å². The molecule has 1 aromatic carbocycles. The Hall–Kier alpha value is -1.46. The van der Waals surface area contributed by atoms with E-state index in [4.69, 9.17) is 34.3 Å². The number of anilines is 1. The fourth-order valence-electron chi connectivity index (χ4n) is 1.33. The van der Waals surface area contributed by atoms with E-state index in [-0.39, 0.29) is 5.96 Å². The lowest BCUT2D eigenvalue weighted by atomic mass is 10.2. The molecule has 7 heteroatoms. The van der Waals surface area contributed by atoms with E-state index in [2.05, 4.69) is 5.32 Å². The number of nitrogens with zero attached hydrogens (tertiary/aromatic N) is 1. The Morgan fingerprint density at radius 1 is 1.41 bits per heavy atom. The molecule has 0 unspecified atom stereocenters. The van der Waals surface area contributed by atoms with Crippen LogP contribution in [0.5, 0.6) is 0 Å². The van der Waals surface area contributed by atoms with E-state index in [1.807, 2.05) is 6.92 Å². The molecule has 92 valence electrons. The molecule has 4 N–H and O–H groups in total. The third-order valence-corrected chi connectivity index (χ3v) is 2.65. The van der Waals surface area contributed by atoms with Crippen LogP contribution in [0.2, 0.25) is 10.0 Å². The molecule has 0 aliphatic carbocycles. The summed E-state index contributed by atoms with van der Waals surface area (Å²) in [6, 6.07) is 2.62. The molecule has 0 aliphatic rings. The summed E-state index contributed by atoms with van der Waals surface area (Å²) in [5, 5.41) is 10.5. The average Bonchev–Trinajstić information content (AvgIpc) is 2.14. The second kappa shape index (κ2) is 5.25. The van der Waals surface area contributed by atoms with Crippen LogP contribution in [-0.4, -0.2) is 19.0 Å². The minimum atomic E-state index is -0.818. The number of hydrogen-bond acceptors (Lipinski definition) is 2. The van der Waals surface area contributed by atoms with Gasteiger partial charge in [-0.2, -0.15) is 0 Å². The molecular weight excluding hydrogens is 263 g/mol. The number of urea groups is 1. The first-order valence-electron chi connectivity index (χ1n) is 4.67. The first kappa shape index (κ1) is 13.6. The van der Waals surface area contributed by atoms with Crippen molar-refractivity contribution >= 4 is 40.9 Å². The Morgan fingerprint density at radius 3 is 2.29 bits per heavy atom. The fraction of sp³-hybridized carbons (Fsp3) is 0.200. The molecule has 2 amide bonds. The summed E-state index contributed by atoms with van der Waals surface area (Å²) in [5.74, 6) is -0.204. The molecule has 0 saturated heterocycles. The second-order valence-electron chi connectivity index (χ2n) is 3.47. The fourth-order valence-corrected chi connectivity index (χ4v) is 2.17. The van der Waals surface area contributed by atoms with Gasteiger partial charge in [0.1, 0.15) is 0 Å². The molecule has 1 rings (SSSR count). The summed E-state index contributed by atoms with van der Waals surface area (Å²) >= 11 is 12.1. The lowest BCUT2D eigenvalue weighted by Crippen LogP contribution is -2.44. The van der Waals surface area contributed by atoms with Gasteiger partial charge >= 0.3 is 6.03 Å². The zero-order valence-electron chi connectivity index (χ0n) is 9.34. The number of aryl methyl sites for hydroxylation is 1. The van der Waals surface area contributed by atoms with Crippen molar-refractivity contribution in [3.05, 3.63) is 27.7 Å². The molecule has 0 aliphatic heterocycles. The highest BCUT2D eigenvalue weighted by atomic mass is 35.5. The number of primary amides is 1. The zero-order chi connectivity index (χ0) is 13.2. The van der Waals surface area contributed by atoms with Crippen LogP contribution in [0.1, 0.15) is 5.56 Å². The number of benzene rings is 1. The summed E-state index contributed by atoms with van der Waals surface area (Å²) < 4.78 is 0. The number of halogens is 2. The van der Waals surface area contributed by atoms with Gasteiger partial charge in [-0.05, 0) is 24.6 Å². The van der Waals surface area contributed by atoms with Crippen molar-refractivity contribution in [1.29, 1.82) is 5.41 Å². The summed E-state index contributed by atoms with van der Waals surface area (Å²) in [5.41, 5.74) is 6.28. The van der Waals surface area contributed by atoms with Gasteiger partial charge in [-0.15, -0.1) is 0 Å². The lowest BCUT2D eigenvalue weighted by molar-refractivity contribution is 0.253. The van der Waals surface area contributed by atoms with Gasteiger partial charge in [-0.25, -0.2) is 4.79 Å². The molecule has 1 aromatic rings. The van der Waals surface area contributed by atoms with Gasteiger partial charge in [-0.1, -0.05) is 23.2 Å². The van der Waals surface area contributed by atoms with Crippen molar-refractivity contribution in [2.24, 2.45) is 5.73 Å². The Bertz CT molecular complexity index is 452. The number of carbonyl (C=O) groups is 1. The lowest BCUT2D eigenvalue weighted by Gasteiger charge is -2.22. The minimum Gasteiger partial charge on any atom is -0.351 e. The molecule has 5 nitrogen and oxygen atoms in total. The van der Waals surface area contributed by atoms with Crippen molar-refractivity contribution in [2.75, 3.05) is 11.9 Å². The number of carbonyl (C=O) groups excluding carboxylic acids is 1. The van der Waals surface area contributed by atoms with E-state index < -0.39 is 6.03 Å². The van der Waals surface area contributed by atoms with Crippen molar-refractivity contribution in [1.82, 2.24) is 5.32 Å². The highest BCUT2D eigenvalue weighted by Gasteiger charge is 2.16. The molecular formula is C10H12Cl2N4O. The van der Waals surface area contributed by atoms with E-state index in [9.17, 15) is 4.79 Å².